The van der Waals surface area contributed by atoms with Gasteiger partial charge in [-0.1, -0.05) is 6.07 Å². The maximum atomic E-state index is 13.2. The van der Waals surface area contributed by atoms with Gasteiger partial charge in [-0.25, -0.2) is 4.39 Å². The van der Waals surface area contributed by atoms with Crippen molar-refractivity contribution in [3.63, 3.8) is 0 Å². The number of rotatable bonds is 4. The smallest absolute Gasteiger partial charge is 0.157 e. The van der Waals surface area contributed by atoms with Crippen LogP contribution in [-0.4, -0.2) is 9.78 Å². The van der Waals surface area contributed by atoms with Crippen LogP contribution in [0.4, 0.5) is 4.39 Å². The molecule has 1 aromatic carbocycles. The second kappa shape index (κ2) is 4.97. The van der Waals surface area contributed by atoms with Crippen molar-refractivity contribution in [1.29, 1.82) is 0 Å². The van der Waals surface area contributed by atoms with Gasteiger partial charge in [0.1, 0.15) is 12.4 Å². The van der Waals surface area contributed by atoms with Crippen LogP contribution in [0.5, 0.6) is 5.75 Å². The van der Waals surface area contributed by atoms with Gasteiger partial charge in [0.05, 0.1) is 12.4 Å². The third kappa shape index (κ3) is 2.82. The van der Waals surface area contributed by atoms with E-state index in [0.29, 0.717) is 17.9 Å². The molecule has 5 heteroatoms. The summed E-state index contributed by atoms with van der Waals surface area (Å²) in [6.45, 7) is 0.561. The van der Waals surface area contributed by atoms with Crippen molar-refractivity contribution in [2.24, 2.45) is 12.8 Å². The first-order valence-electron chi connectivity index (χ1n) is 5.28. The zero-order chi connectivity index (χ0) is 12.3. The molecule has 17 heavy (non-hydrogen) atoms. The van der Waals surface area contributed by atoms with E-state index in [4.69, 9.17) is 10.5 Å². The highest BCUT2D eigenvalue weighted by molar-refractivity contribution is 5.25. The molecule has 1 heterocycles. The minimum Gasteiger partial charge on any atom is -0.486 e. The summed E-state index contributed by atoms with van der Waals surface area (Å²) in [5.41, 5.74) is 6.82. The van der Waals surface area contributed by atoms with Crippen molar-refractivity contribution in [3.05, 3.63) is 47.5 Å². The van der Waals surface area contributed by atoms with Gasteiger partial charge in [0.15, 0.2) is 5.75 Å². The van der Waals surface area contributed by atoms with E-state index in [2.05, 4.69) is 5.10 Å². The van der Waals surface area contributed by atoms with Crippen LogP contribution in [0.1, 0.15) is 11.1 Å². The Morgan fingerprint density at radius 3 is 2.94 bits per heavy atom. The van der Waals surface area contributed by atoms with Crippen LogP contribution in [0.25, 0.3) is 0 Å². The molecule has 0 spiro atoms. The second-order valence-corrected chi connectivity index (χ2v) is 3.77. The van der Waals surface area contributed by atoms with E-state index in [1.165, 1.54) is 6.07 Å². The third-order valence-electron chi connectivity index (χ3n) is 2.42. The van der Waals surface area contributed by atoms with Crippen LogP contribution >= 0.6 is 0 Å². The number of nitrogens with zero attached hydrogens (tertiary/aromatic N) is 2. The van der Waals surface area contributed by atoms with Crippen LogP contribution in [-0.2, 0) is 20.2 Å². The van der Waals surface area contributed by atoms with Crippen molar-refractivity contribution in [2.45, 2.75) is 13.2 Å². The first-order chi connectivity index (χ1) is 8.19. The average molecular weight is 235 g/mol. The third-order valence-corrected chi connectivity index (χ3v) is 2.42. The SMILES string of the molecule is Cn1cc(OCc2ccc(F)c(CN)c2)cn1. The Morgan fingerprint density at radius 1 is 1.47 bits per heavy atom. The molecule has 0 aliphatic carbocycles. The number of aromatic nitrogens is 2. The minimum atomic E-state index is -0.280. The number of benzene rings is 1. The zero-order valence-corrected chi connectivity index (χ0v) is 9.56. The van der Waals surface area contributed by atoms with Crippen molar-refractivity contribution in [1.82, 2.24) is 9.78 Å². The average Bonchev–Trinajstić information content (AvgIpc) is 2.74. The van der Waals surface area contributed by atoms with Crippen molar-refractivity contribution in [3.8, 4) is 5.75 Å². The fourth-order valence-electron chi connectivity index (χ4n) is 1.51. The quantitative estimate of drug-likeness (QED) is 0.875. The molecule has 0 bridgehead atoms. The van der Waals surface area contributed by atoms with Gasteiger partial charge >= 0.3 is 0 Å². The van der Waals surface area contributed by atoms with Crippen LogP contribution in [0.15, 0.2) is 30.6 Å². The Morgan fingerprint density at radius 2 is 2.29 bits per heavy atom. The van der Waals surface area contributed by atoms with E-state index in [-0.39, 0.29) is 12.4 Å². The van der Waals surface area contributed by atoms with E-state index in [1.807, 2.05) is 7.05 Å². The molecule has 0 saturated heterocycles. The summed E-state index contributed by atoms with van der Waals surface area (Å²) >= 11 is 0. The lowest BCUT2D eigenvalue weighted by molar-refractivity contribution is 0.305. The molecule has 0 unspecified atom stereocenters. The summed E-state index contributed by atoms with van der Waals surface area (Å²) in [5.74, 6) is 0.406. The Labute approximate surface area is 98.8 Å². The molecular weight excluding hydrogens is 221 g/mol. The predicted octanol–water partition coefficient (Wildman–Crippen LogP) is 1.60. The molecule has 0 radical (unpaired) electrons. The lowest BCUT2D eigenvalue weighted by atomic mass is 10.1. The van der Waals surface area contributed by atoms with E-state index in [0.717, 1.165) is 5.56 Å². The molecule has 2 aromatic rings. The summed E-state index contributed by atoms with van der Waals surface area (Å²) < 4.78 is 20.4. The number of nitrogens with two attached hydrogens (primary N) is 1. The van der Waals surface area contributed by atoms with Crippen molar-refractivity contribution >= 4 is 0 Å². The molecule has 1 aromatic heterocycles. The second-order valence-electron chi connectivity index (χ2n) is 3.77. The lowest BCUT2D eigenvalue weighted by Crippen LogP contribution is -2.02. The van der Waals surface area contributed by atoms with Crippen molar-refractivity contribution < 1.29 is 9.13 Å². The first-order valence-corrected chi connectivity index (χ1v) is 5.28. The fraction of sp³-hybridized carbons (Fsp3) is 0.250. The van der Waals surface area contributed by atoms with Crippen LogP contribution in [0.2, 0.25) is 0 Å². The molecule has 4 nitrogen and oxygen atoms in total. The van der Waals surface area contributed by atoms with Crippen molar-refractivity contribution in [2.75, 3.05) is 0 Å². The summed E-state index contributed by atoms with van der Waals surface area (Å²) in [5, 5.41) is 3.99. The zero-order valence-electron chi connectivity index (χ0n) is 9.56. The summed E-state index contributed by atoms with van der Waals surface area (Å²) in [6.07, 6.45) is 3.40. The predicted molar refractivity (Wildman–Crippen MR) is 61.8 cm³/mol. The Hall–Kier alpha value is -1.88. The molecule has 90 valence electrons. The van der Waals surface area contributed by atoms with Crippen LogP contribution in [0, 0.1) is 5.82 Å². The van der Waals surface area contributed by atoms with Gasteiger partial charge in [-0.05, 0) is 17.7 Å². The van der Waals surface area contributed by atoms with Gasteiger partial charge in [0, 0.05) is 19.2 Å². The van der Waals surface area contributed by atoms with Gasteiger partial charge in [-0.15, -0.1) is 0 Å². The first kappa shape index (κ1) is 11.6. The Balaban J connectivity index is 2.04. The van der Waals surface area contributed by atoms with E-state index < -0.39 is 0 Å². The molecular formula is C12H14FN3O. The normalized spacial score (nSPS) is 10.5. The van der Waals surface area contributed by atoms with Gasteiger partial charge in [0.25, 0.3) is 0 Å². The van der Waals surface area contributed by atoms with Gasteiger partial charge in [0.2, 0.25) is 0 Å². The van der Waals surface area contributed by atoms with Gasteiger partial charge in [-0.3, -0.25) is 4.68 Å². The summed E-state index contributed by atoms with van der Waals surface area (Å²) in [4.78, 5) is 0. The standard InChI is InChI=1S/C12H14FN3O/c1-16-7-11(6-15-16)17-8-9-2-3-12(13)10(4-9)5-14/h2-4,6-7H,5,8,14H2,1H3. The molecule has 0 fully saturated rings. The van der Waals surface area contributed by atoms with Gasteiger partial charge < -0.3 is 10.5 Å². The maximum Gasteiger partial charge on any atom is 0.157 e. The number of hydrogen-bond acceptors (Lipinski definition) is 3. The lowest BCUT2D eigenvalue weighted by Gasteiger charge is -2.06. The van der Waals surface area contributed by atoms with E-state index in [9.17, 15) is 4.39 Å². The van der Waals surface area contributed by atoms with E-state index in [1.54, 1.807) is 29.2 Å². The molecule has 2 rings (SSSR count). The molecule has 0 aliphatic heterocycles. The number of ether oxygens (including phenoxy) is 1. The Bertz CT molecular complexity index is 510. The topological polar surface area (TPSA) is 53.1 Å². The number of aryl methyl sites for hydroxylation is 1. The maximum absolute atomic E-state index is 13.2. The van der Waals surface area contributed by atoms with Gasteiger partial charge in [-0.2, -0.15) is 5.10 Å². The van der Waals surface area contributed by atoms with E-state index >= 15 is 0 Å². The number of halogens is 1. The summed E-state index contributed by atoms with van der Waals surface area (Å²) in [6, 6.07) is 4.81. The Kier molecular flexibility index (Phi) is 3.39. The summed E-state index contributed by atoms with van der Waals surface area (Å²) in [7, 11) is 1.82. The molecule has 0 atom stereocenters. The van der Waals surface area contributed by atoms with Crippen LogP contribution in [0.3, 0.4) is 0 Å². The highest BCUT2D eigenvalue weighted by Gasteiger charge is 2.03. The van der Waals surface area contributed by atoms with Crippen LogP contribution < -0.4 is 10.5 Å². The molecule has 0 aliphatic rings. The fourth-order valence-corrected chi connectivity index (χ4v) is 1.51. The minimum absolute atomic E-state index is 0.187. The highest BCUT2D eigenvalue weighted by Crippen LogP contribution is 2.13. The molecule has 0 amide bonds. The highest BCUT2D eigenvalue weighted by atomic mass is 19.1. The molecule has 2 N–H and O–H groups in total. The molecule has 0 saturated carbocycles. The number of hydrogen-bond donors (Lipinski definition) is 1. The monoisotopic (exact) mass is 235 g/mol. The largest absolute Gasteiger partial charge is 0.486 e.